The van der Waals surface area contributed by atoms with Gasteiger partial charge >= 0.3 is 0 Å². The van der Waals surface area contributed by atoms with Gasteiger partial charge in [-0.2, -0.15) is 0 Å². The highest BCUT2D eigenvalue weighted by atomic mass is 79.9. The van der Waals surface area contributed by atoms with Crippen molar-refractivity contribution >= 4 is 43.2 Å². The average Bonchev–Trinajstić information content (AvgIpc) is 2.68. The number of aliphatic hydroxyl groups excluding tert-OH is 1. The Labute approximate surface area is 115 Å². The summed E-state index contributed by atoms with van der Waals surface area (Å²) in [5.74, 6) is 0. The van der Waals surface area contributed by atoms with Crippen molar-refractivity contribution in [2.24, 2.45) is 0 Å². The molecule has 84 valence electrons. The predicted molar refractivity (Wildman–Crippen MR) is 75.0 cm³/mol. The maximum Gasteiger partial charge on any atom is 0.114 e. The van der Waals surface area contributed by atoms with E-state index in [0.717, 1.165) is 24.3 Å². The number of halogens is 2. The zero-order valence-electron chi connectivity index (χ0n) is 8.58. The lowest BCUT2D eigenvalue weighted by atomic mass is 10.1. The maximum atomic E-state index is 10.3. The summed E-state index contributed by atoms with van der Waals surface area (Å²) in [5.41, 5.74) is 2.04. The minimum atomic E-state index is -0.564. The van der Waals surface area contributed by atoms with Crippen LogP contribution in [0.15, 0.2) is 38.6 Å². The highest BCUT2D eigenvalue weighted by Gasteiger charge is 2.16. The van der Waals surface area contributed by atoms with Crippen LogP contribution in [0.3, 0.4) is 0 Å². The van der Waals surface area contributed by atoms with Crippen molar-refractivity contribution in [3.63, 3.8) is 0 Å². The van der Waals surface area contributed by atoms with E-state index < -0.39 is 6.10 Å². The summed E-state index contributed by atoms with van der Waals surface area (Å²) < 4.78 is 2.01. The molecule has 16 heavy (non-hydrogen) atoms. The lowest BCUT2D eigenvalue weighted by molar-refractivity contribution is 0.223. The van der Waals surface area contributed by atoms with Gasteiger partial charge in [-0.15, -0.1) is 11.3 Å². The van der Waals surface area contributed by atoms with Crippen LogP contribution in [0.4, 0.5) is 0 Å². The highest BCUT2D eigenvalue weighted by molar-refractivity contribution is 9.11. The lowest BCUT2D eigenvalue weighted by Crippen LogP contribution is -1.99. The summed E-state index contributed by atoms with van der Waals surface area (Å²) >= 11 is 8.47. The van der Waals surface area contributed by atoms with Gasteiger partial charge in [-0.25, -0.2) is 0 Å². The van der Waals surface area contributed by atoms with Crippen molar-refractivity contribution in [1.29, 1.82) is 0 Å². The van der Waals surface area contributed by atoms with E-state index in [1.807, 2.05) is 37.3 Å². The minimum Gasteiger partial charge on any atom is -0.383 e. The summed E-state index contributed by atoms with van der Waals surface area (Å²) in [5, 5.41) is 10.3. The van der Waals surface area contributed by atoms with Crippen LogP contribution in [0.25, 0.3) is 0 Å². The second-order valence-electron chi connectivity index (χ2n) is 3.52. The van der Waals surface area contributed by atoms with Crippen LogP contribution in [-0.4, -0.2) is 5.11 Å². The van der Waals surface area contributed by atoms with Crippen LogP contribution in [-0.2, 0) is 0 Å². The predicted octanol–water partition coefficient (Wildman–Crippen LogP) is 4.66. The molecular formula is C12H10Br2OS. The Kier molecular flexibility index (Phi) is 3.85. The molecule has 0 aliphatic carbocycles. The lowest BCUT2D eigenvalue weighted by Gasteiger charge is -2.12. The topological polar surface area (TPSA) is 20.2 Å². The van der Waals surface area contributed by atoms with Crippen LogP contribution in [0.1, 0.15) is 22.1 Å². The molecule has 1 aromatic carbocycles. The molecule has 0 bridgehead atoms. The Bertz CT molecular complexity index is 507. The average molecular weight is 362 g/mol. The van der Waals surface area contributed by atoms with Crippen LogP contribution >= 0.6 is 43.2 Å². The van der Waals surface area contributed by atoms with Gasteiger partial charge in [0.1, 0.15) is 6.10 Å². The summed E-state index contributed by atoms with van der Waals surface area (Å²) in [4.78, 5) is 0.943. The molecule has 2 aromatic rings. The van der Waals surface area contributed by atoms with Gasteiger partial charge in [0.25, 0.3) is 0 Å². The standard InChI is InChI=1S/C12H10Br2OS/c1-7-3-2-4-8(11(7)14)12(15)9-5-6-10(13)16-9/h2-6,12,15H,1H3. The monoisotopic (exact) mass is 360 g/mol. The number of rotatable bonds is 2. The van der Waals surface area contributed by atoms with E-state index in [1.54, 1.807) is 11.3 Å². The number of benzene rings is 1. The summed E-state index contributed by atoms with van der Waals surface area (Å²) in [7, 11) is 0. The molecule has 2 rings (SSSR count). The SMILES string of the molecule is Cc1cccc(C(O)c2ccc(Br)s2)c1Br. The van der Waals surface area contributed by atoms with E-state index in [1.165, 1.54) is 0 Å². The first-order valence-corrected chi connectivity index (χ1v) is 7.18. The van der Waals surface area contributed by atoms with Gasteiger partial charge < -0.3 is 5.11 Å². The molecule has 1 unspecified atom stereocenters. The first-order valence-electron chi connectivity index (χ1n) is 4.78. The van der Waals surface area contributed by atoms with Crippen molar-refractivity contribution in [1.82, 2.24) is 0 Å². The Morgan fingerprint density at radius 2 is 1.94 bits per heavy atom. The van der Waals surface area contributed by atoms with Crippen molar-refractivity contribution < 1.29 is 5.11 Å². The van der Waals surface area contributed by atoms with Gasteiger partial charge in [-0.3, -0.25) is 0 Å². The van der Waals surface area contributed by atoms with Crippen molar-refractivity contribution in [3.05, 3.63) is 54.6 Å². The summed E-state index contributed by atoms with van der Waals surface area (Å²) in [6, 6.07) is 9.81. The highest BCUT2D eigenvalue weighted by Crippen LogP contribution is 2.35. The van der Waals surface area contributed by atoms with E-state index >= 15 is 0 Å². The molecule has 0 radical (unpaired) electrons. The van der Waals surface area contributed by atoms with Crippen LogP contribution in [0.2, 0.25) is 0 Å². The molecule has 1 N–H and O–H groups in total. The Balaban J connectivity index is 2.41. The van der Waals surface area contributed by atoms with Gasteiger partial charge in [0.05, 0.1) is 3.79 Å². The Hall–Kier alpha value is -0.160. The van der Waals surface area contributed by atoms with Gasteiger partial charge in [0.15, 0.2) is 0 Å². The minimum absolute atomic E-state index is 0.564. The third-order valence-corrected chi connectivity index (χ3v) is 5.14. The van der Waals surface area contributed by atoms with Gasteiger partial charge in [0, 0.05) is 14.9 Å². The molecule has 4 heteroatoms. The zero-order chi connectivity index (χ0) is 11.7. The van der Waals surface area contributed by atoms with E-state index in [0.29, 0.717) is 0 Å². The van der Waals surface area contributed by atoms with E-state index in [-0.39, 0.29) is 0 Å². The van der Waals surface area contributed by atoms with E-state index in [2.05, 4.69) is 31.9 Å². The Morgan fingerprint density at radius 3 is 2.56 bits per heavy atom. The largest absolute Gasteiger partial charge is 0.383 e. The molecule has 1 heterocycles. The second kappa shape index (κ2) is 5.00. The first kappa shape index (κ1) is 12.3. The number of hydrogen-bond acceptors (Lipinski definition) is 2. The van der Waals surface area contributed by atoms with Crippen molar-refractivity contribution in [2.75, 3.05) is 0 Å². The molecule has 1 atom stereocenters. The molecular weight excluding hydrogens is 352 g/mol. The molecule has 0 saturated heterocycles. The van der Waals surface area contributed by atoms with E-state index in [4.69, 9.17) is 0 Å². The fraction of sp³-hybridized carbons (Fsp3) is 0.167. The van der Waals surface area contributed by atoms with Crippen molar-refractivity contribution in [3.8, 4) is 0 Å². The van der Waals surface area contributed by atoms with Crippen molar-refractivity contribution in [2.45, 2.75) is 13.0 Å². The third kappa shape index (κ3) is 2.40. The fourth-order valence-electron chi connectivity index (χ4n) is 1.51. The fourth-order valence-corrected chi connectivity index (χ4v) is 3.42. The van der Waals surface area contributed by atoms with Gasteiger partial charge in [0.2, 0.25) is 0 Å². The van der Waals surface area contributed by atoms with Crippen LogP contribution < -0.4 is 0 Å². The summed E-state index contributed by atoms with van der Waals surface area (Å²) in [6.45, 7) is 2.02. The number of aliphatic hydroxyl groups is 1. The summed E-state index contributed by atoms with van der Waals surface area (Å²) in [6.07, 6.45) is -0.564. The quantitative estimate of drug-likeness (QED) is 0.824. The first-order chi connectivity index (χ1) is 7.59. The van der Waals surface area contributed by atoms with E-state index in [9.17, 15) is 5.11 Å². The zero-order valence-corrected chi connectivity index (χ0v) is 12.6. The maximum absolute atomic E-state index is 10.3. The number of thiophene rings is 1. The molecule has 1 aromatic heterocycles. The molecule has 0 amide bonds. The Morgan fingerprint density at radius 1 is 1.19 bits per heavy atom. The molecule has 0 aliphatic heterocycles. The number of aryl methyl sites for hydroxylation is 1. The molecule has 0 fully saturated rings. The van der Waals surface area contributed by atoms with Crippen LogP contribution in [0, 0.1) is 6.92 Å². The van der Waals surface area contributed by atoms with Gasteiger partial charge in [-0.05, 0) is 40.5 Å². The smallest absolute Gasteiger partial charge is 0.114 e. The third-order valence-electron chi connectivity index (χ3n) is 2.38. The van der Waals surface area contributed by atoms with Crippen LogP contribution in [0.5, 0.6) is 0 Å². The molecule has 0 aliphatic rings. The molecule has 0 spiro atoms. The van der Waals surface area contributed by atoms with Gasteiger partial charge in [-0.1, -0.05) is 34.1 Å². The normalized spacial score (nSPS) is 12.8. The molecule has 0 saturated carbocycles. The second-order valence-corrected chi connectivity index (χ2v) is 6.81. The number of hydrogen-bond donors (Lipinski definition) is 1. The molecule has 1 nitrogen and oxygen atoms in total.